The zero-order valence-corrected chi connectivity index (χ0v) is 13.6. The minimum atomic E-state index is 0.133. The third kappa shape index (κ3) is 3.70. The number of rotatable bonds is 4. The number of aryl methyl sites for hydroxylation is 1. The summed E-state index contributed by atoms with van der Waals surface area (Å²) in [5, 5.41) is 0. The molecule has 4 nitrogen and oxygen atoms in total. The Morgan fingerprint density at radius 2 is 1.78 bits per heavy atom. The summed E-state index contributed by atoms with van der Waals surface area (Å²) in [6.07, 6.45) is 4.00. The molecule has 0 unspecified atom stereocenters. The zero-order valence-electron chi connectivity index (χ0n) is 13.6. The molecule has 3 rings (SSSR count). The summed E-state index contributed by atoms with van der Waals surface area (Å²) >= 11 is 0. The number of aromatic nitrogens is 1. The van der Waals surface area contributed by atoms with E-state index in [1.165, 1.54) is 5.56 Å². The van der Waals surface area contributed by atoms with Crippen LogP contribution < -0.4 is 4.90 Å². The van der Waals surface area contributed by atoms with Crippen LogP contribution in [0.1, 0.15) is 29.3 Å². The van der Waals surface area contributed by atoms with Crippen LogP contribution in [0.3, 0.4) is 0 Å². The van der Waals surface area contributed by atoms with Crippen LogP contribution >= 0.6 is 0 Å². The second kappa shape index (κ2) is 7.27. The summed E-state index contributed by atoms with van der Waals surface area (Å²) in [6.45, 7) is 5.31. The average molecular weight is 309 g/mol. The molecule has 1 aromatic heterocycles. The van der Waals surface area contributed by atoms with Gasteiger partial charge in [-0.2, -0.15) is 0 Å². The van der Waals surface area contributed by atoms with Gasteiger partial charge in [0.25, 0.3) is 5.91 Å². The van der Waals surface area contributed by atoms with Crippen LogP contribution in [0.5, 0.6) is 0 Å². The van der Waals surface area contributed by atoms with Gasteiger partial charge in [-0.1, -0.05) is 31.5 Å². The van der Waals surface area contributed by atoms with E-state index in [-0.39, 0.29) is 5.91 Å². The number of carbonyl (C=O) groups is 1. The van der Waals surface area contributed by atoms with Crippen molar-refractivity contribution < 1.29 is 4.79 Å². The van der Waals surface area contributed by atoms with E-state index in [0.717, 1.165) is 50.4 Å². The molecule has 4 heteroatoms. The Morgan fingerprint density at radius 1 is 1.04 bits per heavy atom. The number of benzene rings is 1. The molecule has 1 aromatic carbocycles. The molecular weight excluding hydrogens is 286 g/mol. The topological polar surface area (TPSA) is 36.4 Å². The summed E-state index contributed by atoms with van der Waals surface area (Å²) in [4.78, 5) is 21.2. The molecule has 1 saturated heterocycles. The lowest BCUT2D eigenvalue weighted by Gasteiger charge is -2.35. The standard InChI is InChI=1S/C19H23N3O/c1-2-5-16-7-9-17(10-8-16)19(23)22-14-12-21(13-15-22)18-6-3-4-11-20-18/h3-4,6-11H,2,5,12-15H2,1H3. The number of amides is 1. The molecule has 2 heterocycles. The molecular formula is C19H23N3O. The summed E-state index contributed by atoms with van der Waals surface area (Å²) in [6, 6.07) is 14.0. The van der Waals surface area contributed by atoms with Crippen LogP contribution in [0.4, 0.5) is 5.82 Å². The van der Waals surface area contributed by atoms with E-state index in [2.05, 4.69) is 28.9 Å². The Hall–Kier alpha value is -2.36. The third-order valence-electron chi connectivity index (χ3n) is 4.28. The first kappa shape index (κ1) is 15.5. The number of hydrogen-bond donors (Lipinski definition) is 0. The van der Waals surface area contributed by atoms with E-state index in [1.54, 1.807) is 0 Å². The summed E-state index contributed by atoms with van der Waals surface area (Å²) in [5.41, 5.74) is 2.08. The van der Waals surface area contributed by atoms with Crippen molar-refractivity contribution in [2.24, 2.45) is 0 Å². The van der Waals surface area contributed by atoms with E-state index >= 15 is 0 Å². The first-order valence-corrected chi connectivity index (χ1v) is 8.32. The second-order valence-electron chi connectivity index (χ2n) is 5.91. The SMILES string of the molecule is CCCc1ccc(C(=O)N2CCN(c3ccccn3)CC2)cc1. The molecule has 2 aromatic rings. The third-order valence-corrected chi connectivity index (χ3v) is 4.28. The highest BCUT2D eigenvalue weighted by atomic mass is 16.2. The molecule has 1 amide bonds. The van der Waals surface area contributed by atoms with Crippen molar-refractivity contribution in [3.05, 3.63) is 59.8 Å². The summed E-state index contributed by atoms with van der Waals surface area (Å²) < 4.78 is 0. The Morgan fingerprint density at radius 3 is 2.39 bits per heavy atom. The van der Waals surface area contributed by atoms with Gasteiger partial charge in [0.05, 0.1) is 0 Å². The quantitative estimate of drug-likeness (QED) is 0.871. The molecule has 0 atom stereocenters. The fourth-order valence-corrected chi connectivity index (χ4v) is 2.96. The Kier molecular flexibility index (Phi) is 4.91. The van der Waals surface area contributed by atoms with Crippen molar-refractivity contribution in [2.45, 2.75) is 19.8 Å². The second-order valence-corrected chi connectivity index (χ2v) is 5.91. The van der Waals surface area contributed by atoms with E-state index in [4.69, 9.17) is 0 Å². The minimum absolute atomic E-state index is 0.133. The minimum Gasteiger partial charge on any atom is -0.353 e. The van der Waals surface area contributed by atoms with Crippen molar-refractivity contribution in [3.63, 3.8) is 0 Å². The number of anilines is 1. The van der Waals surface area contributed by atoms with Crippen molar-refractivity contribution >= 4 is 11.7 Å². The maximum Gasteiger partial charge on any atom is 0.253 e. The highest BCUT2D eigenvalue weighted by Crippen LogP contribution is 2.15. The van der Waals surface area contributed by atoms with E-state index < -0.39 is 0 Å². The van der Waals surface area contributed by atoms with Gasteiger partial charge in [0.2, 0.25) is 0 Å². The number of piperazine rings is 1. The molecule has 0 N–H and O–H groups in total. The molecule has 0 saturated carbocycles. The molecule has 0 aliphatic carbocycles. The Balaban J connectivity index is 1.59. The monoisotopic (exact) mass is 309 g/mol. The predicted molar refractivity (Wildman–Crippen MR) is 92.8 cm³/mol. The lowest BCUT2D eigenvalue weighted by atomic mass is 10.1. The summed E-state index contributed by atoms with van der Waals surface area (Å²) in [7, 11) is 0. The van der Waals surface area contributed by atoms with Gasteiger partial charge in [-0.15, -0.1) is 0 Å². The molecule has 0 bridgehead atoms. The van der Waals surface area contributed by atoms with Gasteiger partial charge < -0.3 is 9.80 Å². The molecule has 1 aliphatic heterocycles. The predicted octanol–water partition coefficient (Wildman–Crippen LogP) is 3.00. The van der Waals surface area contributed by atoms with Gasteiger partial charge in [0, 0.05) is 37.9 Å². The van der Waals surface area contributed by atoms with Crippen LogP contribution in [0.2, 0.25) is 0 Å². The zero-order chi connectivity index (χ0) is 16.1. The average Bonchev–Trinajstić information content (AvgIpc) is 2.63. The smallest absolute Gasteiger partial charge is 0.253 e. The first-order chi connectivity index (χ1) is 11.3. The van der Waals surface area contributed by atoms with Gasteiger partial charge in [-0.25, -0.2) is 4.98 Å². The van der Waals surface area contributed by atoms with Crippen LogP contribution in [-0.2, 0) is 6.42 Å². The number of carbonyl (C=O) groups excluding carboxylic acids is 1. The van der Waals surface area contributed by atoms with Gasteiger partial charge in [0.1, 0.15) is 5.82 Å². The number of hydrogen-bond acceptors (Lipinski definition) is 3. The Labute approximate surface area is 137 Å². The van der Waals surface area contributed by atoms with Crippen molar-refractivity contribution in [2.75, 3.05) is 31.1 Å². The van der Waals surface area contributed by atoms with Crippen LogP contribution in [-0.4, -0.2) is 42.0 Å². The maximum atomic E-state index is 12.6. The van der Waals surface area contributed by atoms with E-state index in [0.29, 0.717) is 0 Å². The van der Waals surface area contributed by atoms with Crippen LogP contribution in [0.15, 0.2) is 48.7 Å². The normalized spacial score (nSPS) is 14.8. The lowest BCUT2D eigenvalue weighted by molar-refractivity contribution is 0.0746. The molecule has 1 aliphatic rings. The molecule has 0 radical (unpaired) electrons. The van der Waals surface area contributed by atoms with E-state index in [9.17, 15) is 4.79 Å². The lowest BCUT2D eigenvalue weighted by Crippen LogP contribution is -2.49. The van der Waals surface area contributed by atoms with Crippen LogP contribution in [0.25, 0.3) is 0 Å². The first-order valence-electron chi connectivity index (χ1n) is 8.32. The van der Waals surface area contributed by atoms with Gasteiger partial charge in [0.15, 0.2) is 0 Å². The maximum absolute atomic E-state index is 12.6. The van der Waals surface area contributed by atoms with E-state index in [1.807, 2.05) is 41.4 Å². The molecule has 120 valence electrons. The Bertz CT molecular complexity index is 631. The highest BCUT2D eigenvalue weighted by molar-refractivity contribution is 5.94. The van der Waals surface area contributed by atoms with Crippen molar-refractivity contribution in [3.8, 4) is 0 Å². The van der Waals surface area contributed by atoms with Crippen LogP contribution in [0, 0.1) is 0 Å². The fraction of sp³-hybridized carbons (Fsp3) is 0.368. The highest BCUT2D eigenvalue weighted by Gasteiger charge is 2.22. The fourth-order valence-electron chi connectivity index (χ4n) is 2.96. The summed E-state index contributed by atoms with van der Waals surface area (Å²) in [5.74, 6) is 1.12. The number of nitrogens with zero attached hydrogens (tertiary/aromatic N) is 3. The number of pyridine rings is 1. The van der Waals surface area contributed by atoms with Gasteiger partial charge >= 0.3 is 0 Å². The molecule has 23 heavy (non-hydrogen) atoms. The molecule has 0 spiro atoms. The molecule has 1 fully saturated rings. The van der Waals surface area contributed by atoms with Crippen molar-refractivity contribution in [1.29, 1.82) is 0 Å². The largest absolute Gasteiger partial charge is 0.353 e. The van der Waals surface area contributed by atoms with Crippen molar-refractivity contribution in [1.82, 2.24) is 9.88 Å². The van der Waals surface area contributed by atoms with Gasteiger partial charge in [-0.3, -0.25) is 4.79 Å². The van der Waals surface area contributed by atoms with Gasteiger partial charge in [-0.05, 0) is 36.2 Å².